The van der Waals surface area contributed by atoms with E-state index in [9.17, 15) is 4.91 Å². The van der Waals surface area contributed by atoms with Gasteiger partial charge in [0.1, 0.15) is 6.54 Å². The SMILES string of the molecule is O=NCC1NCCCN1. The van der Waals surface area contributed by atoms with Gasteiger partial charge in [-0.1, -0.05) is 5.18 Å². The summed E-state index contributed by atoms with van der Waals surface area (Å²) >= 11 is 0. The summed E-state index contributed by atoms with van der Waals surface area (Å²) in [4.78, 5) is 9.74. The summed E-state index contributed by atoms with van der Waals surface area (Å²) in [6.07, 6.45) is 1.26. The Labute approximate surface area is 54.0 Å². The first-order valence-electron chi connectivity index (χ1n) is 3.19. The molecule has 0 spiro atoms. The fraction of sp³-hybridized carbons (Fsp3) is 1.00. The molecular formula is C5H11N3O. The van der Waals surface area contributed by atoms with Crippen LogP contribution in [0.4, 0.5) is 0 Å². The molecule has 0 atom stereocenters. The Morgan fingerprint density at radius 1 is 1.44 bits per heavy atom. The molecule has 9 heavy (non-hydrogen) atoms. The van der Waals surface area contributed by atoms with E-state index in [1.165, 1.54) is 0 Å². The maximum Gasteiger partial charge on any atom is 0.110 e. The summed E-state index contributed by atoms with van der Waals surface area (Å²) < 4.78 is 0. The Hall–Kier alpha value is -0.480. The lowest BCUT2D eigenvalue weighted by Crippen LogP contribution is -2.49. The van der Waals surface area contributed by atoms with Gasteiger partial charge in [-0.05, 0) is 19.5 Å². The monoisotopic (exact) mass is 129 g/mol. The summed E-state index contributed by atoms with van der Waals surface area (Å²) in [7, 11) is 0. The Kier molecular flexibility index (Phi) is 2.60. The molecular weight excluding hydrogens is 118 g/mol. The minimum atomic E-state index is 0.122. The van der Waals surface area contributed by atoms with E-state index in [1.54, 1.807) is 0 Å². The van der Waals surface area contributed by atoms with Crippen molar-refractivity contribution in [3.05, 3.63) is 4.91 Å². The molecule has 0 aromatic rings. The van der Waals surface area contributed by atoms with Gasteiger partial charge in [-0.25, -0.2) is 0 Å². The molecule has 1 saturated heterocycles. The van der Waals surface area contributed by atoms with Crippen molar-refractivity contribution in [3.8, 4) is 0 Å². The number of hydrogen-bond donors (Lipinski definition) is 2. The smallest absolute Gasteiger partial charge is 0.110 e. The molecule has 4 nitrogen and oxygen atoms in total. The highest BCUT2D eigenvalue weighted by Crippen LogP contribution is 1.88. The summed E-state index contributed by atoms with van der Waals surface area (Å²) in [5.74, 6) is 0. The first-order chi connectivity index (χ1) is 4.43. The van der Waals surface area contributed by atoms with Crippen LogP contribution in [0.15, 0.2) is 5.18 Å². The summed E-state index contributed by atoms with van der Waals surface area (Å²) in [5, 5.41) is 9.01. The molecule has 2 N–H and O–H groups in total. The van der Waals surface area contributed by atoms with Gasteiger partial charge in [0.2, 0.25) is 0 Å². The van der Waals surface area contributed by atoms with E-state index in [2.05, 4.69) is 15.8 Å². The predicted molar refractivity (Wildman–Crippen MR) is 35.1 cm³/mol. The largest absolute Gasteiger partial charge is 0.300 e. The number of hydrogen-bond acceptors (Lipinski definition) is 4. The van der Waals surface area contributed by atoms with E-state index >= 15 is 0 Å². The van der Waals surface area contributed by atoms with Gasteiger partial charge < -0.3 is 10.6 Å². The average Bonchev–Trinajstić information content (AvgIpc) is 1.91. The number of nitrogens with one attached hydrogen (secondary N) is 2. The van der Waals surface area contributed by atoms with Crippen molar-refractivity contribution in [2.75, 3.05) is 19.6 Å². The summed E-state index contributed by atoms with van der Waals surface area (Å²) in [5.41, 5.74) is 0. The molecule has 1 aliphatic heterocycles. The minimum absolute atomic E-state index is 0.122. The van der Waals surface area contributed by atoms with Gasteiger partial charge in [0, 0.05) is 0 Å². The maximum atomic E-state index is 9.74. The standard InChI is InChI=1S/C5H11N3O/c9-8-4-5-6-2-1-3-7-5/h5-7H,1-4H2. The fourth-order valence-electron chi connectivity index (χ4n) is 0.917. The van der Waals surface area contributed by atoms with E-state index in [0.717, 1.165) is 19.5 Å². The molecule has 1 rings (SSSR count). The zero-order valence-corrected chi connectivity index (χ0v) is 5.26. The first kappa shape index (κ1) is 6.64. The van der Waals surface area contributed by atoms with Crippen LogP contribution in [0.1, 0.15) is 6.42 Å². The van der Waals surface area contributed by atoms with Gasteiger partial charge in [-0.3, -0.25) is 0 Å². The van der Waals surface area contributed by atoms with Crippen LogP contribution in [0.2, 0.25) is 0 Å². The van der Waals surface area contributed by atoms with Crippen LogP contribution in [0, 0.1) is 4.91 Å². The van der Waals surface area contributed by atoms with E-state index in [0.29, 0.717) is 6.54 Å². The molecule has 0 aromatic heterocycles. The highest BCUT2D eigenvalue weighted by molar-refractivity contribution is 4.71. The molecule has 1 fully saturated rings. The molecule has 0 saturated carbocycles. The van der Waals surface area contributed by atoms with Gasteiger partial charge in [0.05, 0.1) is 6.17 Å². The lowest BCUT2D eigenvalue weighted by molar-refractivity contribution is 0.376. The number of nitroso groups, excluding NO2 is 1. The number of rotatable bonds is 2. The average molecular weight is 129 g/mol. The van der Waals surface area contributed by atoms with Gasteiger partial charge in [0.15, 0.2) is 0 Å². The Morgan fingerprint density at radius 3 is 2.67 bits per heavy atom. The molecule has 4 heteroatoms. The van der Waals surface area contributed by atoms with Crippen molar-refractivity contribution in [2.24, 2.45) is 5.18 Å². The van der Waals surface area contributed by atoms with E-state index in [4.69, 9.17) is 0 Å². The highest BCUT2D eigenvalue weighted by Gasteiger charge is 2.09. The zero-order chi connectivity index (χ0) is 6.53. The Balaban J connectivity index is 2.15. The zero-order valence-electron chi connectivity index (χ0n) is 5.26. The third-order valence-electron chi connectivity index (χ3n) is 1.39. The van der Waals surface area contributed by atoms with E-state index < -0.39 is 0 Å². The van der Waals surface area contributed by atoms with Gasteiger partial charge in [-0.15, -0.1) is 0 Å². The van der Waals surface area contributed by atoms with Gasteiger partial charge in [-0.2, -0.15) is 4.91 Å². The molecule has 0 unspecified atom stereocenters. The van der Waals surface area contributed by atoms with E-state index in [-0.39, 0.29) is 6.17 Å². The van der Waals surface area contributed by atoms with Crippen LogP contribution in [-0.2, 0) is 0 Å². The van der Waals surface area contributed by atoms with Crippen molar-refractivity contribution in [1.29, 1.82) is 0 Å². The fourth-order valence-corrected chi connectivity index (χ4v) is 0.917. The molecule has 0 radical (unpaired) electrons. The predicted octanol–water partition coefficient (Wildman–Crippen LogP) is -0.338. The number of nitrogens with zero attached hydrogens (tertiary/aromatic N) is 1. The van der Waals surface area contributed by atoms with Crippen molar-refractivity contribution >= 4 is 0 Å². The van der Waals surface area contributed by atoms with Crippen molar-refractivity contribution in [3.63, 3.8) is 0 Å². The third kappa shape index (κ3) is 2.07. The second-order valence-corrected chi connectivity index (χ2v) is 2.13. The van der Waals surface area contributed by atoms with E-state index in [1.807, 2.05) is 0 Å². The molecule has 1 aliphatic rings. The van der Waals surface area contributed by atoms with Crippen molar-refractivity contribution in [2.45, 2.75) is 12.6 Å². The van der Waals surface area contributed by atoms with Crippen LogP contribution in [0.5, 0.6) is 0 Å². The molecule has 0 bridgehead atoms. The van der Waals surface area contributed by atoms with Crippen LogP contribution < -0.4 is 10.6 Å². The highest BCUT2D eigenvalue weighted by atomic mass is 16.3. The molecule has 1 heterocycles. The molecule has 52 valence electrons. The van der Waals surface area contributed by atoms with Crippen LogP contribution in [0.25, 0.3) is 0 Å². The quantitative estimate of drug-likeness (QED) is 0.501. The lowest BCUT2D eigenvalue weighted by Gasteiger charge is -2.22. The summed E-state index contributed by atoms with van der Waals surface area (Å²) in [6, 6.07) is 0. The van der Waals surface area contributed by atoms with Crippen LogP contribution in [-0.4, -0.2) is 25.8 Å². The maximum absolute atomic E-state index is 9.74. The van der Waals surface area contributed by atoms with Crippen molar-refractivity contribution in [1.82, 2.24) is 10.6 Å². The molecule has 0 aliphatic carbocycles. The second kappa shape index (κ2) is 3.53. The topological polar surface area (TPSA) is 53.5 Å². The normalized spacial score (nSPS) is 21.8. The van der Waals surface area contributed by atoms with Crippen LogP contribution >= 0.6 is 0 Å². The molecule has 0 aromatic carbocycles. The molecule has 0 amide bonds. The Morgan fingerprint density at radius 2 is 2.11 bits per heavy atom. The first-order valence-corrected chi connectivity index (χ1v) is 3.19. The van der Waals surface area contributed by atoms with Gasteiger partial charge in [0.25, 0.3) is 0 Å². The second-order valence-electron chi connectivity index (χ2n) is 2.13. The van der Waals surface area contributed by atoms with Crippen molar-refractivity contribution < 1.29 is 0 Å². The van der Waals surface area contributed by atoms with Crippen LogP contribution in [0.3, 0.4) is 0 Å². The lowest BCUT2D eigenvalue weighted by atomic mass is 10.3. The minimum Gasteiger partial charge on any atom is -0.300 e. The summed E-state index contributed by atoms with van der Waals surface area (Å²) in [6.45, 7) is 2.32. The third-order valence-corrected chi connectivity index (χ3v) is 1.39. The van der Waals surface area contributed by atoms with Gasteiger partial charge >= 0.3 is 0 Å². The Bertz CT molecular complexity index is 90.2.